The molecule has 0 radical (unpaired) electrons. The Morgan fingerprint density at radius 2 is 1.83 bits per heavy atom. The van der Waals surface area contributed by atoms with E-state index in [0.29, 0.717) is 0 Å². The molecule has 10 heteroatoms. The van der Waals surface area contributed by atoms with Gasteiger partial charge in [0.25, 0.3) is 17.5 Å². The summed E-state index contributed by atoms with van der Waals surface area (Å²) < 4.78 is 5.07. The molecule has 158 valence electrons. The largest absolute Gasteiger partial charge is 0.452 e. The van der Waals surface area contributed by atoms with E-state index >= 15 is 0 Å². The minimum Gasteiger partial charge on any atom is -0.452 e. The lowest BCUT2D eigenvalue weighted by Gasteiger charge is -2.21. The minimum absolute atomic E-state index is 0.000766. The second-order valence-corrected chi connectivity index (χ2v) is 7.00. The fraction of sp³-hybridized carbons (Fsp3) is 0.250. The zero-order chi connectivity index (χ0) is 22.4. The van der Waals surface area contributed by atoms with Crippen LogP contribution in [0.25, 0.3) is 0 Å². The maximum Gasteiger partial charge on any atom is 0.340 e. The lowest BCUT2D eigenvalue weighted by molar-refractivity contribution is -0.384. The van der Waals surface area contributed by atoms with Crippen molar-refractivity contribution in [2.75, 3.05) is 19.0 Å². The maximum atomic E-state index is 12.5. The van der Waals surface area contributed by atoms with Crippen LogP contribution in [0.3, 0.4) is 0 Å². The van der Waals surface area contributed by atoms with E-state index in [-0.39, 0.29) is 39.5 Å². The third-order valence-corrected chi connectivity index (χ3v) is 4.61. The number of likely N-dealkylation sites (N-methyl/N-ethyl adjacent to an activating group) is 1. The highest BCUT2D eigenvalue weighted by Gasteiger charge is 2.20. The fourth-order valence-electron chi connectivity index (χ4n) is 2.36. The van der Waals surface area contributed by atoms with Crippen LogP contribution in [0, 0.1) is 10.1 Å². The quantitative estimate of drug-likeness (QED) is 0.405. The molecule has 9 nitrogen and oxygen atoms in total. The normalized spacial score (nSPS) is 10.4. The molecule has 0 spiro atoms. The van der Waals surface area contributed by atoms with Crippen LogP contribution in [0.2, 0.25) is 5.02 Å². The van der Waals surface area contributed by atoms with Gasteiger partial charge in [-0.15, -0.1) is 0 Å². The molecular weight excluding hydrogens is 414 g/mol. The number of rotatable bonds is 7. The number of benzene rings is 2. The summed E-state index contributed by atoms with van der Waals surface area (Å²) in [5.41, 5.74) is -0.0637. The molecule has 0 saturated carbocycles. The molecule has 0 atom stereocenters. The first-order valence-electron chi connectivity index (χ1n) is 8.89. The number of nitro groups is 1. The number of amides is 2. The van der Waals surface area contributed by atoms with E-state index in [4.69, 9.17) is 16.3 Å². The molecule has 0 saturated heterocycles. The van der Waals surface area contributed by atoms with E-state index < -0.39 is 23.4 Å². The number of anilines is 1. The highest BCUT2D eigenvalue weighted by Crippen LogP contribution is 2.24. The van der Waals surface area contributed by atoms with E-state index in [1.165, 1.54) is 23.1 Å². The topological polar surface area (TPSA) is 119 Å². The second kappa shape index (κ2) is 9.84. The first-order valence-corrected chi connectivity index (χ1v) is 9.26. The van der Waals surface area contributed by atoms with Crippen LogP contribution in [0.1, 0.15) is 34.6 Å². The van der Waals surface area contributed by atoms with Crippen molar-refractivity contribution in [2.24, 2.45) is 0 Å². The van der Waals surface area contributed by atoms with Crippen LogP contribution in [-0.2, 0) is 9.53 Å². The van der Waals surface area contributed by atoms with Gasteiger partial charge in [-0.1, -0.05) is 23.7 Å². The van der Waals surface area contributed by atoms with Gasteiger partial charge in [0.05, 0.1) is 26.8 Å². The summed E-state index contributed by atoms with van der Waals surface area (Å²) in [5.74, 6) is -1.81. The standard InChI is InChI=1S/C20H20ClN3O6/c1-12(2)23(3)18(25)11-30-20(27)15-6-4-5-7-17(15)22-19(26)14-9-8-13(24(28)29)10-16(14)21/h4-10,12H,11H2,1-3H3,(H,22,26). The summed E-state index contributed by atoms with van der Waals surface area (Å²) in [6.07, 6.45) is 0. The van der Waals surface area contributed by atoms with Crippen LogP contribution in [0.5, 0.6) is 0 Å². The van der Waals surface area contributed by atoms with Crippen LogP contribution in [-0.4, -0.2) is 47.3 Å². The van der Waals surface area contributed by atoms with E-state index in [0.717, 1.165) is 12.1 Å². The van der Waals surface area contributed by atoms with Crippen molar-refractivity contribution in [1.29, 1.82) is 0 Å². The Morgan fingerprint density at radius 1 is 1.17 bits per heavy atom. The number of carbonyl (C=O) groups is 3. The number of carbonyl (C=O) groups excluding carboxylic acids is 3. The van der Waals surface area contributed by atoms with Crippen molar-refractivity contribution in [3.8, 4) is 0 Å². The van der Waals surface area contributed by atoms with Crippen molar-refractivity contribution < 1.29 is 24.0 Å². The first-order chi connectivity index (χ1) is 14.1. The van der Waals surface area contributed by atoms with Crippen molar-refractivity contribution in [2.45, 2.75) is 19.9 Å². The predicted molar refractivity (Wildman–Crippen MR) is 111 cm³/mol. The minimum atomic E-state index is -0.786. The van der Waals surface area contributed by atoms with Crippen LogP contribution in [0.15, 0.2) is 42.5 Å². The monoisotopic (exact) mass is 433 g/mol. The molecule has 2 aromatic carbocycles. The van der Waals surface area contributed by atoms with Gasteiger partial charge in [0.15, 0.2) is 6.61 Å². The molecule has 2 aromatic rings. The second-order valence-electron chi connectivity index (χ2n) is 6.60. The molecular formula is C20H20ClN3O6. The summed E-state index contributed by atoms with van der Waals surface area (Å²) in [4.78, 5) is 48.6. The van der Waals surface area contributed by atoms with Gasteiger partial charge in [-0.25, -0.2) is 4.79 Å². The van der Waals surface area contributed by atoms with Gasteiger partial charge >= 0.3 is 5.97 Å². The number of nitrogens with zero attached hydrogens (tertiary/aromatic N) is 2. The highest BCUT2D eigenvalue weighted by atomic mass is 35.5. The zero-order valence-electron chi connectivity index (χ0n) is 16.5. The molecule has 0 aliphatic heterocycles. The molecule has 0 unspecified atom stereocenters. The van der Waals surface area contributed by atoms with Crippen LogP contribution < -0.4 is 5.32 Å². The lowest BCUT2D eigenvalue weighted by atomic mass is 10.1. The number of hydrogen-bond donors (Lipinski definition) is 1. The van der Waals surface area contributed by atoms with Crippen molar-refractivity contribution in [1.82, 2.24) is 4.90 Å². The summed E-state index contributed by atoms with van der Waals surface area (Å²) in [7, 11) is 1.60. The van der Waals surface area contributed by atoms with Crippen molar-refractivity contribution >= 4 is 40.8 Å². The number of ether oxygens (including phenoxy) is 1. The van der Waals surface area contributed by atoms with Crippen LogP contribution >= 0.6 is 11.6 Å². The average molecular weight is 434 g/mol. The molecule has 0 aliphatic rings. The number of hydrogen-bond acceptors (Lipinski definition) is 6. The Hall–Kier alpha value is -3.46. The third kappa shape index (κ3) is 5.54. The van der Waals surface area contributed by atoms with Gasteiger partial charge in [-0.3, -0.25) is 19.7 Å². The maximum absolute atomic E-state index is 12.5. The SMILES string of the molecule is CC(C)N(C)C(=O)COC(=O)c1ccccc1NC(=O)c1ccc([N+](=O)[O-])cc1Cl. The Kier molecular flexibility index (Phi) is 7.48. The summed E-state index contributed by atoms with van der Waals surface area (Å²) >= 11 is 5.98. The molecule has 2 amide bonds. The zero-order valence-corrected chi connectivity index (χ0v) is 17.3. The molecule has 0 fully saturated rings. The number of halogens is 1. The molecule has 0 aliphatic carbocycles. The fourth-order valence-corrected chi connectivity index (χ4v) is 2.62. The van der Waals surface area contributed by atoms with Crippen molar-refractivity contribution in [3.05, 3.63) is 68.7 Å². The van der Waals surface area contributed by atoms with E-state index in [2.05, 4.69) is 5.32 Å². The lowest BCUT2D eigenvalue weighted by Crippen LogP contribution is -2.36. The summed E-state index contributed by atoms with van der Waals surface area (Å²) in [6, 6.07) is 9.48. The van der Waals surface area contributed by atoms with Gasteiger partial charge in [0.2, 0.25) is 0 Å². The number of esters is 1. The van der Waals surface area contributed by atoms with Crippen LogP contribution in [0.4, 0.5) is 11.4 Å². The van der Waals surface area contributed by atoms with Crippen molar-refractivity contribution in [3.63, 3.8) is 0 Å². The Bertz CT molecular complexity index is 992. The first kappa shape index (κ1) is 22.8. The Balaban J connectivity index is 2.15. The van der Waals surface area contributed by atoms with Gasteiger partial charge in [0.1, 0.15) is 0 Å². The number of para-hydroxylation sites is 1. The van der Waals surface area contributed by atoms with Gasteiger partial charge in [-0.2, -0.15) is 0 Å². The van der Waals surface area contributed by atoms with E-state index in [1.807, 2.05) is 13.8 Å². The smallest absolute Gasteiger partial charge is 0.340 e. The van der Waals surface area contributed by atoms with Gasteiger partial charge in [0, 0.05) is 25.2 Å². The van der Waals surface area contributed by atoms with E-state index in [9.17, 15) is 24.5 Å². The van der Waals surface area contributed by atoms with E-state index in [1.54, 1.807) is 19.2 Å². The van der Waals surface area contributed by atoms with Gasteiger partial charge in [-0.05, 0) is 32.0 Å². The van der Waals surface area contributed by atoms with Gasteiger partial charge < -0.3 is 15.0 Å². The highest BCUT2D eigenvalue weighted by molar-refractivity contribution is 6.34. The molecule has 2 rings (SSSR count). The Labute approximate surface area is 177 Å². The Morgan fingerprint density at radius 3 is 2.43 bits per heavy atom. The number of nitrogens with one attached hydrogen (secondary N) is 1. The summed E-state index contributed by atoms with van der Waals surface area (Å²) in [5, 5.41) is 13.2. The molecule has 0 heterocycles. The number of nitro benzene ring substituents is 1. The molecule has 30 heavy (non-hydrogen) atoms. The summed E-state index contributed by atoms with van der Waals surface area (Å²) in [6.45, 7) is 3.21. The molecule has 0 aromatic heterocycles. The third-order valence-electron chi connectivity index (χ3n) is 4.30. The number of non-ortho nitro benzene ring substituents is 1. The predicted octanol–water partition coefficient (Wildman–Crippen LogP) is 3.52. The molecule has 1 N–H and O–H groups in total. The molecule has 0 bridgehead atoms. The average Bonchev–Trinajstić information content (AvgIpc) is 2.71.